The van der Waals surface area contributed by atoms with Gasteiger partial charge < -0.3 is 5.32 Å². The summed E-state index contributed by atoms with van der Waals surface area (Å²) in [4.78, 5) is 0. The van der Waals surface area contributed by atoms with Gasteiger partial charge in [0.2, 0.25) is 0 Å². The van der Waals surface area contributed by atoms with Crippen molar-refractivity contribution in [2.24, 2.45) is 7.05 Å². The van der Waals surface area contributed by atoms with Crippen LogP contribution in [0.5, 0.6) is 0 Å². The Balaban J connectivity index is 1.51. The van der Waals surface area contributed by atoms with Gasteiger partial charge in [-0.15, -0.1) is 0 Å². The molecule has 1 unspecified atom stereocenters. The lowest BCUT2D eigenvalue weighted by Gasteiger charge is -2.29. The van der Waals surface area contributed by atoms with Gasteiger partial charge in [-0.1, -0.05) is 22.0 Å². The maximum atomic E-state index is 4.55. The molecule has 2 heterocycles. The summed E-state index contributed by atoms with van der Waals surface area (Å²) in [6.45, 7) is 2.21. The van der Waals surface area contributed by atoms with E-state index < -0.39 is 0 Å². The number of benzene rings is 2. The molecule has 28 heavy (non-hydrogen) atoms. The standard InChI is InChI=1S/C22H22BrN5/c1-14-18-4-3-5-21(19(18)8-9-20(14)23)26-16-7-6-15-11-25-28(22(15)10-16)17-12-24-27(2)13-17/h6-13,21,26H,3-5H2,1-2H3. The summed E-state index contributed by atoms with van der Waals surface area (Å²) >= 11 is 3.68. The molecule has 5 rings (SSSR count). The summed E-state index contributed by atoms with van der Waals surface area (Å²) in [6.07, 6.45) is 9.23. The predicted molar refractivity (Wildman–Crippen MR) is 116 cm³/mol. The number of aromatic nitrogens is 4. The number of hydrogen-bond acceptors (Lipinski definition) is 3. The van der Waals surface area contributed by atoms with Gasteiger partial charge in [0.25, 0.3) is 0 Å². The van der Waals surface area contributed by atoms with Crippen LogP contribution in [0.1, 0.15) is 35.6 Å². The van der Waals surface area contributed by atoms with Crippen molar-refractivity contribution < 1.29 is 0 Å². The Hall–Kier alpha value is -2.60. The van der Waals surface area contributed by atoms with Gasteiger partial charge in [-0.05, 0) is 67.1 Å². The van der Waals surface area contributed by atoms with Crippen LogP contribution < -0.4 is 5.32 Å². The van der Waals surface area contributed by atoms with Crippen molar-refractivity contribution in [3.63, 3.8) is 0 Å². The molecule has 2 aromatic heterocycles. The molecule has 0 bridgehead atoms. The normalized spacial score (nSPS) is 16.3. The first-order valence-corrected chi connectivity index (χ1v) is 10.4. The van der Waals surface area contributed by atoms with Crippen LogP contribution in [0.4, 0.5) is 5.69 Å². The van der Waals surface area contributed by atoms with Gasteiger partial charge >= 0.3 is 0 Å². The van der Waals surface area contributed by atoms with Crippen LogP contribution in [0.3, 0.4) is 0 Å². The zero-order valence-corrected chi connectivity index (χ0v) is 17.6. The number of rotatable bonds is 3. The largest absolute Gasteiger partial charge is 0.378 e. The van der Waals surface area contributed by atoms with E-state index in [1.165, 1.54) is 27.6 Å². The van der Waals surface area contributed by atoms with E-state index in [0.717, 1.165) is 35.1 Å². The zero-order valence-electron chi connectivity index (χ0n) is 16.0. The predicted octanol–water partition coefficient (Wildman–Crippen LogP) is 5.32. The molecule has 0 saturated carbocycles. The summed E-state index contributed by atoms with van der Waals surface area (Å²) in [5.74, 6) is 0. The van der Waals surface area contributed by atoms with Crippen LogP contribution in [0.25, 0.3) is 16.6 Å². The van der Waals surface area contributed by atoms with Crippen LogP contribution in [0.15, 0.2) is 53.4 Å². The third-order valence-corrected chi connectivity index (χ3v) is 6.57. The molecule has 0 spiro atoms. The molecule has 0 aliphatic heterocycles. The average molecular weight is 436 g/mol. The van der Waals surface area contributed by atoms with E-state index in [2.05, 4.69) is 68.7 Å². The minimum atomic E-state index is 0.336. The number of hydrogen-bond donors (Lipinski definition) is 1. The van der Waals surface area contributed by atoms with E-state index in [1.807, 2.05) is 30.3 Å². The summed E-state index contributed by atoms with van der Waals surface area (Å²) in [6, 6.07) is 11.3. The van der Waals surface area contributed by atoms with Gasteiger partial charge in [0, 0.05) is 22.6 Å². The Bertz CT molecular complexity index is 1170. The first kappa shape index (κ1) is 17.5. The molecule has 6 heteroatoms. The molecule has 4 aromatic rings. The summed E-state index contributed by atoms with van der Waals surface area (Å²) in [7, 11) is 1.92. The highest BCUT2D eigenvalue weighted by Gasteiger charge is 2.22. The second-order valence-corrected chi connectivity index (χ2v) is 8.39. The lowest BCUT2D eigenvalue weighted by Crippen LogP contribution is -2.18. The second kappa shape index (κ2) is 6.78. The quantitative estimate of drug-likeness (QED) is 0.473. The van der Waals surface area contributed by atoms with Gasteiger partial charge in [0.05, 0.1) is 30.1 Å². The maximum Gasteiger partial charge on any atom is 0.103 e. The molecule has 0 saturated heterocycles. The highest BCUT2D eigenvalue weighted by molar-refractivity contribution is 9.10. The topological polar surface area (TPSA) is 47.7 Å². The molecule has 2 aromatic carbocycles. The van der Waals surface area contributed by atoms with Gasteiger partial charge in [-0.3, -0.25) is 4.68 Å². The van der Waals surface area contributed by atoms with E-state index in [-0.39, 0.29) is 0 Å². The molecule has 0 fully saturated rings. The molecule has 1 aliphatic rings. The highest BCUT2D eigenvalue weighted by atomic mass is 79.9. The van der Waals surface area contributed by atoms with Crippen molar-refractivity contribution in [3.05, 3.63) is 70.1 Å². The number of halogens is 1. The van der Waals surface area contributed by atoms with Crippen molar-refractivity contribution in [1.82, 2.24) is 19.6 Å². The molecule has 0 radical (unpaired) electrons. The fourth-order valence-corrected chi connectivity index (χ4v) is 4.60. The highest BCUT2D eigenvalue weighted by Crippen LogP contribution is 2.37. The van der Waals surface area contributed by atoms with E-state index in [0.29, 0.717) is 6.04 Å². The van der Waals surface area contributed by atoms with Crippen LogP contribution in [-0.2, 0) is 13.5 Å². The molecular formula is C22H22BrN5. The Morgan fingerprint density at radius 2 is 2.04 bits per heavy atom. The first-order chi connectivity index (χ1) is 13.6. The van der Waals surface area contributed by atoms with Crippen molar-refractivity contribution in [3.8, 4) is 5.69 Å². The van der Waals surface area contributed by atoms with Crippen LogP contribution in [0, 0.1) is 6.92 Å². The molecule has 5 nitrogen and oxygen atoms in total. The number of nitrogens with zero attached hydrogens (tertiary/aromatic N) is 4. The van der Waals surface area contributed by atoms with E-state index in [9.17, 15) is 0 Å². The maximum absolute atomic E-state index is 4.55. The number of aryl methyl sites for hydroxylation is 1. The van der Waals surface area contributed by atoms with Crippen molar-refractivity contribution in [2.75, 3.05) is 5.32 Å². The molecule has 142 valence electrons. The third kappa shape index (κ3) is 2.92. The number of nitrogens with one attached hydrogen (secondary N) is 1. The van der Waals surface area contributed by atoms with E-state index in [4.69, 9.17) is 0 Å². The second-order valence-electron chi connectivity index (χ2n) is 7.53. The summed E-state index contributed by atoms with van der Waals surface area (Å²) in [5.41, 5.74) is 7.46. The lowest BCUT2D eigenvalue weighted by atomic mass is 9.85. The summed E-state index contributed by atoms with van der Waals surface area (Å²) in [5, 5.41) is 13.7. The van der Waals surface area contributed by atoms with Crippen LogP contribution >= 0.6 is 15.9 Å². The molecule has 1 atom stereocenters. The smallest absolute Gasteiger partial charge is 0.103 e. The minimum Gasteiger partial charge on any atom is -0.378 e. The minimum absolute atomic E-state index is 0.336. The van der Waals surface area contributed by atoms with Gasteiger partial charge in [-0.2, -0.15) is 10.2 Å². The SMILES string of the molecule is Cc1c(Br)ccc2c1CCCC2Nc1ccc2cnn(-c3cnn(C)c3)c2c1. The zero-order chi connectivity index (χ0) is 19.3. The Kier molecular flexibility index (Phi) is 4.23. The lowest BCUT2D eigenvalue weighted by molar-refractivity contribution is 0.598. The van der Waals surface area contributed by atoms with E-state index >= 15 is 0 Å². The summed E-state index contributed by atoms with van der Waals surface area (Å²) < 4.78 is 4.95. The molecule has 1 aliphatic carbocycles. The molecule has 0 amide bonds. The van der Waals surface area contributed by atoms with Gasteiger partial charge in [-0.25, -0.2) is 4.68 Å². The van der Waals surface area contributed by atoms with Gasteiger partial charge in [0.1, 0.15) is 5.69 Å². The third-order valence-electron chi connectivity index (χ3n) is 5.71. The van der Waals surface area contributed by atoms with Gasteiger partial charge in [0.15, 0.2) is 0 Å². The fourth-order valence-electron chi connectivity index (χ4n) is 4.23. The Morgan fingerprint density at radius 1 is 1.14 bits per heavy atom. The van der Waals surface area contributed by atoms with Crippen LogP contribution in [0.2, 0.25) is 0 Å². The van der Waals surface area contributed by atoms with E-state index in [1.54, 1.807) is 4.68 Å². The average Bonchev–Trinajstić information content (AvgIpc) is 3.31. The van der Waals surface area contributed by atoms with Crippen molar-refractivity contribution in [1.29, 1.82) is 0 Å². The number of anilines is 1. The van der Waals surface area contributed by atoms with Crippen LogP contribution in [-0.4, -0.2) is 19.6 Å². The fraction of sp³-hybridized carbons (Fsp3) is 0.273. The Morgan fingerprint density at radius 3 is 2.86 bits per heavy atom. The monoisotopic (exact) mass is 435 g/mol. The Labute approximate surface area is 172 Å². The molecule has 1 N–H and O–H groups in total. The number of fused-ring (bicyclic) bond motifs is 2. The van der Waals surface area contributed by atoms with Crippen molar-refractivity contribution >= 4 is 32.5 Å². The molecular weight excluding hydrogens is 414 g/mol. The van der Waals surface area contributed by atoms with Crippen molar-refractivity contribution in [2.45, 2.75) is 32.2 Å². The first-order valence-electron chi connectivity index (χ1n) is 9.61.